The highest BCUT2D eigenvalue weighted by Gasteiger charge is 2.32. The summed E-state index contributed by atoms with van der Waals surface area (Å²) < 4.78 is 5.94. The van der Waals surface area contributed by atoms with Crippen LogP contribution >= 0.6 is 0 Å². The SMILES string of the molecule is O=C1c2ccccc2/C(=C\c2cc(=O)c3ccccc3o2)N1Cc1ccccc1. The standard InChI is InChI=1S/C25H17NO3/c27-23-15-18(29-24-13-7-6-12-21(23)24)14-22-19-10-4-5-11-20(19)25(28)26(22)16-17-8-2-1-3-9-17/h1-15H,16H2/b22-14+. The van der Waals surface area contributed by atoms with E-state index in [1.54, 1.807) is 23.1 Å². The van der Waals surface area contributed by atoms with Crippen molar-refractivity contribution in [3.8, 4) is 0 Å². The van der Waals surface area contributed by atoms with Gasteiger partial charge in [-0.15, -0.1) is 0 Å². The van der Waals surface area contributed by atoms with E-state index in [0.717, 1.165) is 16.8 Å². The number of benzene rings is 3. The maximum absolute atomic E-state index is 13.1. The van der Waals surface area contributed by atoms with Crippen molar-refractivity contribution in [1.29, 1.82) is 0 Å². The van der Waals surface area contributed by atoms with E-state index >= 15 is 0 Å². The third kappa shape index (κ3) is 3.05. The summed E-state index contributed by atoms with van der Waals surface area (Å²) in [5.74, 6) is 0.366. The van der Waals surface area contributed by atoms with E-state index < -0.39 is 0 Å². The predicted molar refractivity (Wildman–Crippen MR) is 113 cm³/mol. The molecule has 0 N–H and O–H groups in total. The van der Waals surface area contributed by atoms with Crippen molar-refractivity contribution in [3.63, 3.8) is 0 Å². The van der Waals surface area contributed by atoms with Crippen LogP contribution in [0.2, 0.25) is 0 Å². The lowest BCUT2D eigenvalue weighted by Crippen LogP contribution is -2.22. The zero-order valence-corrected chi connectivity index (χ0v) is 15.5. The minimum absolute atomic E-state index is 0.0566. The molecule has 0 saturated heterocycles. The van der Waals surface area contributed by atoms with E-state index in [4.69, 9.17) is 4.42 Å². The quantitative estimate of drug-likeness (QED) is 0.506. The van der Waals surface area contributed by atoms with Crippen LogP contribution in [0.25, 0.3) is 22.7 Å². The number of carbonyl (C=O) groups excluding carboxylic acids is 1. The summed E-state index contributed by atoms with van der Waals surface area (Å²) in [4.78, 5) is 27.3. The van der Waals surface area contributed by atoms with Gasteiger partial charge in [0.25, 0.3) is 5.91 Å². The lowest BCUT2D eigenvalue weighted by Gasteiger charge is -2.18. The minimum atomic E-state index is -0.106. The van der Waals surface area contributed by atoms with Gasteiger partial charge in [0.05, 0.1) is 17.6 Å². The fourth-order valence-corrected chi connectivity index (χ4v) is 3.70. The average Bonchev–Trinajstić information content (AvgIpc) is 3.01. The monoisotopic (exact) mass is 379 g/mol. The topological polar surface area (TPSA) is 50.5 Å². The molecule has 1 aliphatic rings. The Morgan fingerprint density at radius 2 is 1.48 bits per heavy atom. The van der Waals surface area contributed by atoms with Crippen LogP contribution < -0.4 is 5.43 Å². The van der Waals surface area contributed by atoms with Crippen molar-refractivity contribution in [3.05, 3.63) is 118 Å². The summed E-state index contributed by atoms with van der Waals surface area (Å²) in [6.45, 7) is 0.442. The second-order valence-electron chi connectivity index (χ2n) is 6.96. The molecule has 0 saturated carbocycles. The van der Waals surface area contributed by atoms with Crippen molar-refractivity contribution in [1.82, 2.24) is 4.90 Å². The number of rotatable bonds is 3. The highest BCUT2D eigenvalue weighted by molar-refractivity contribution is 6.11. The number of carbonyl (C=O) groups is 1. The van der Waals surface area contributed by atoms with Crippen LogP contribution in [0.5, 0.6) is 0 Å². The molecule has 3 aromatic carbocycles. The van der Waals surface area contributed by atoms with Gasteiger partial charge in [0, 0.05) is 23.3 Å². The Morgan fingerprint density at radius 1 is 0.793 bits per heavy atom. The molecule has 4 heteroatoms. The zero-order valence-electron chi connectivity index (χ0n) is 15.5. The molecule has 4 aromatic rings. The van der Waals surface area contributed by atoms with E-state index in [1.807, 2.05) is 66.7 Å². The minimum Gasteiger partial charge on any atom is -0.456 e. The molecule has 0 bridgehead atoms. The van der Waals surface area contributed by atoms with E-state index in [0.29, 0.717) is 28.8 Å². The first-order valence-electron chi connectivity index (χ1n) is 9.40. The highest BCUT2D eigenvalue weighted by atomic mass is 16.3. The van der Waals surface area contributed by atoms with Gasteiger partial charge in [-0.05, 0) is 23.8 Å². The van der Waals surface area contributed by atoms with Crippen molar-refractivity contribution in [2.45, 2.75) is 6.54 Å². The maximum Gasteiger partial charge on any atom is 0.259 e. The van der Waals surface area contributed by atoms with Gasteiger partial charge in [0.2, 0.25) is 0 Å². The first-order valence-corrected chi connectivity index (χ1v) is 9.40. The van der Waals surface area contributed by atoms with Crippen molar-refractivity contribution < 1.29 is 9.21 Å². The van der Waals surface area contributed by atoms with Crippen molar-refractivity contribution in [2.24, 2.45) is 0 Å². The Kier molecular flexibility index (Phi) is 4.10. The van der Waals surface area contributed by atoms with Crippen LogP contribution in [0.3, 0.4) is 0 Å². The predicted octanol–water partition coefficient (Wildman–Crippen LogP) is 4.95. The lowest BCUT2D eigenvalue weighted by atomic mass is 10.1. The van der Waals surface area contributed by atoms with Gasteiger partial charge in [-0.3, -0.25) is 9.59 Å². The Bertz CT molecular complexity index is 1320. The summed E-state index contributed by atoms with van der Waals surface area (Å²) in [5, 5.41) is 0.540. The molecule has 1 amide bonds. The summed E-state index contributed by atoms with van der Waals surface area (Å²) >= 11 is 0. The second kappa shape index (κ2) is 6.91. The molecule has 140 valence electrons. The van der Waals surface area contributed by atoms with Crippen LogP contribution in [-0.4, -0.2) is 10.8 Å². The normalized spacial score (nSPS) is 14.6. The number of hydrogen-bond acceptors (Lipinski definition) is 3. The molecule has 0 atom stereocenters. The Balaban J connectivity index is 1.65. The molecule has 2 heterocycles. The summed E-state index contributed by atoms with van der Waals surface area (Å²) in [5.41, 5.74) is 3.67. The molecule has 0 aliphatic carbocycles. The van der Waals surface area contributed by atoms with Crippen LogP contribution in [0, 0.1) is 0 Å². The Labute approximate surface area is 167 Å². The highest BCUT2D eigenvalue weighted by Crippen LogP contribution is 2.35. The molecule has 5 rings (SSSR count). The molecule has 0 unspecified atom stereocenters. The van der Waals surface area contributed by atoms with Gasteiger partial charge < -0.3 is 9.32 Å². The van der Waals surface area contributed by atoms with E-state index in [-0.39, 0.29) is 11.3 Å². The Hall–Kier alpha value is -3.92. The molecule has 0 spiro atoms. The molecule has 4 nitrogen and oxygen atoms in total. The van der Waals surface area contributed by atoms with Crippen LogP contribution in [0.15, 0.2) is 94.1 Å². The molecule has 29 heavy (non-hydrogen) atoms. The van der Waals surface area contributed by atoms with E-state index in [9.17, 15) is 9.59 Å². The molecular formula is C25H17NO3. The first kappa shape index (κ1) is 17.2. The smallest absolute Gasteiger partial charge is 0.259 e. The number of fused-ring (bicyclic) bond motifs is 2. The van der Waals surface area contributed by atoms with E-state index in [2.05, 4.69) is 0 Å². The van der Waals surface area contributed by atoms with Crippen molar-refractivity contribution >= 4 is 28.6 Å². The number of nitrogens with zero attached hydrogens (tertiary/aromatic N) is 1. The molecule has 1 aliphatic heterocycles. The van der Waals surface area contributed by atoms with E-state index in [1.165, 1.54) is 6.07 Å². The van der Waals surface area contributed by atoms with Gasteiger partial charge in [0.15, 0.2) is 5.43 Å². The van der Waals surface area contributed by atoms with Crippen molar-refractivity contribution in [2.75, 3.05) is 0 Å². The van der Waals surface area contributed by atoms with Gasteiger partial charge in [-0.2, -0.15) is 0 Å². The number of hydrogen-bond donors (Lipinski definition) is 0. The van der Waals surface area contributed by atoms with Gasteiger partial charge >= 0.3 is 0 Å². The van der Waals surface area contributed by atoms with Gasteiger partial charge in [-0.25, -0.2) is 0 Å². The molecule has 1 aromatic heterocycles. The second-order valence-corrected chi connectivity index (χ2v) is 6.96. The largest absolute Gasteiger partial charge is 0.456 e. The number of para-hydroxylation sites is 1. The third-order valence-electron chi connectivity index (χ3n) is 5.09. The molecule has 0 radical (unpaired) electrons. The summed E-state index contributed by atoms with van der Waals surface area (Å²) in [7, 11) is 0. The summed E-state index contributed by atoms with van der Waals surface area (Å²) in [6.07, 6.45) is 1.78. The van der Waals surface area contributed by atoms with Gasteiger partial charge in [0.1, 0.15) is 11.3 Å². The maximum atomic E-state index is 13.1. The molecular weight excluding hydrogens is 362 g/mol. The zero-order chi connectivity index (χ0) is 19.8. The Morgan fingerprint density at radius 3 is 2.31 bits per heavy atom. The third-order valence-corrected chi connectivity index (χ3v) is 5.09. The summed E-state index contributed by atoms with van der Waals surface area (Å²) in [6, 6.07) is 26.0. The van der Waals surface area contributed by atoms with Crippen LogP contribution in [0.1, 0.15) is 27.2 Å². The fourth-order valence-electron chi connectivity index (χ4n) is 3.70. The van der Waals surface area contributed by atoms with Crippen LogP contribution in [-0.2, 0) is 6.54 Å². The number of amides is 1. The average molecular weight is 379 g/mol. The fraction of sp³-hybridized carbons (Fsp3) is 0.0400. The lowest BCUT2D eigenvalue weighted by molar-refractivity contribution is 0.0843. The first-order chi connectivity index (χ1) is 14.2. The van der Waals surface area contributed by atoms with Gasteiger partial charge in [-0.1, -0.05) is 60.7 Å². The molecule has 0 fully saturated rings. The van der Waals surface area contributed by atoms with Crippen LogP contribution in [0.4, 0.5) is 0 Å².